The number of rotatable bonds is 4. The van der Waals surface area contributed by atoms with Crippen molar-refractivity contribution in [1.29, 1.82) is 0 Å². The van der Waals surface area contributed by atoms with Crippen LogP contribution in [0.2, 0.25) is 0 Å². The van der Waals surface area contributed by atoms with Gasteiger partial charge >= 0.3 is 6.18 Å². The molecule has 3 atom stereocenters. The zero-order valence-electron chi connectivity index (χ0n) is 15.5. The van der Waals surface area contributed by atoms with Crippen LogP contribution in [0.5, 0.6) is 0 Å². The molecule has 3 aromatic carbocycles. The molecular formula is C22H18F3NO2S. The van der Waals surface area contributed by atoms with Crippen molar-refractivity contribution in [2.24, 2.45) is 0 Å². The van der Waals surface area contributed by atoms with Crippen molar-refractivity contribution in [1.82, 2.24) is 4.31 Å². The molecule has 0 amide bonds. The molecule has 1 saturated heterocycles. The Labute approximate surface area is 167 Å². The number of benzene rings is 3. The molecule has 4 rings (SSSR count). The number of hydrogen-bond donors (Lipinski definition) is 0. The highest BCUT2D eigenvalue weighted by Gasteiger charge is 2.68. The Morgan fingerprint density at radius 1 is 0.793 bits per heavy atom. The first-order chi connectivity index (χ1) is 13.7. The topological polar surface area (TPSA) is 37.1 Å². The van der Waals surface area contributed by atoms with E-state index in [0.717, 1.165) is 16.7 Å². The molecule has 1 aliphatic heterocycles. The number of hydrogen-bond acceptors (Lipinski definition) is 2. The lowest BCUT2D eigenvalue weighted by molar-refractivity contribution is -0.134. The zero-order chi connectivity index (χ0) is 20.8. The van der Waals surface area contributed by atoms with Crippen LogP contribution in [0.15, 0.2) is 83.8 Å². The molecule has 3 unspecified atom stereocenters. The van der Waals surface area contributed by atoms with Gasteiger partial charge in [-0.15, -0.1) is 0 Å². The first-order valence-corrected chi connectivity index (χ1v) is 10.5. The predicted octanol–water partition coefficient (Wildman–Crippen LogP) is 5.34. The third kappa shape index (κ3) is 3.68. The number of halogens is 3. The zero-order valence-corrected chi connectivity index (χ0v) is 16.3. The van der Waals surface area contributed by atoms with Gasteiger partial charge in [-0.1, -0.05) is 72.3 Å². The summed E-state index contributed by atoms with van der Waals surface area (Å²) in [6.07, 6.45) is -4.65. The first-order valence-electron chi connectivity index (χ1n) is 9.02. The third-order valence-electron chi connectivity index (χ3n) is 5.05. The molecule has 1 heterocycles. The average molecular weight is 417 g/mol. The molecule has 0 bridgehead atoms. The SMILES string of the molecule is Cc1ccc(S(=O)(=O)N2C(c3ccc(-c4ccccc4)cc3)C2C(F)(F)F)cc1. The van der Waals surface area contributed by atoms with Gasteiger partial charge in [-0.25, -0.2) is 8.42 Å². The minimum atomic E-state index is -4.65. The van der Waals surface area contributed by atoms with Crippen LogP contribution in [-0.2, 0) is 10.0 Å². The van der Waals surface area contributed by atoms with Crippen molar-refractivity contribution in [2.45, 2.75) is 30.1 Å². The van der Waals surface area contributed by atoms with Gasteiger partial charge in [0.15, 0.2) is 0 Å². The lowest BCUT2D eigenvalue weighted by Crippen LogP contribution is -2.24. The highest BCUT2D eigenvalue weighted by atomic mass is 32.2. The van der Waals surface area contributed by atoms with Crippen molar-refractivity contribution >= 4 is 10.0 Å². The lowest BCUT2D eigenvalue weighted by Gasteiger charge is -2.08. The summed E-state index contributed by atoms with van der Waals surface area (Å²) in [5, 5.41) is 0. The maximum atomic E-state index is 13.6. The lowest BCUT2D eigenvalue weighted by atomic mass is 10.0. The van der Waals surface area contributed by atoms with Gasteiger partial charge in [0.25, 0.3) is 0 Å². The summed E-state index contributed by atoms with van der Waals surface area (Å²) in [4.78, 5) is -0.138. The molecule has 3 aromatic rings. The maximum absolute atomic E-state index is 13.6. The first kappa shape index (κ1) is 19.7. The van der Waals surface area contributed by atoms with Crippen molar-refractivity contribution < 1.29 is 21.6 Å². The van der Waals surface area contributed by atoms with Crippen LogP contribution in [0.25, 0.3) is 11.1 Å². The summed E-state index contributed by atoms with van der Waals surface area (Å²) >= 11 is 0. The normalized spacial score (nSPS) is 21.7. The average Bonchev–Trinajstić information content (AvgIpc) is 3.47. The van der Waals surface area contributed by atoms with Crippen LogP contribution in [0.1, 0.15) is 17.2 Å². The Morgan fingerprint density at radius 3 is 1.90 bits per heavy atom. The minimum Gasteiger partial charge on any atom is -0.207 e. The van der Waals surface area contributed by atoms with Crippen LogP contribution in [-0.4, -0.2) is 24.9 Å². The molecule has 29 heavy (non-hydrogen) atoms. The van der Waals surface area contributed by atoms with E-state index in [1.165, 1.54) is 12.1 Å². The van der Waals surface area contributed by atoms with Gasteiger partial charge in [0.1, 0.15) is 6.04 Å². The van der Waals surface area contributed by atoms with E-state index < -0.39 is 28.3 Å². The van der Waals surface area contributed by atoms with Gasteiger partial charge in [0.05, 0.1) is 10.9 Å². The fraction of sp³-hybridized carbons (Fsp3) is 0.182. The van der Waals surface area contributed by atoms with E-state index >= 15 is 0 Å². The van der Waals surface area contributed by atoms with Gasteiger partial charge in [0, 0.05) is 0 Å². The second-order valence-corrected chi connectivity index (χ2v) is 8.91. The van der Waals surface area contributed by atoms with E-state index in [4.69, 9.17) is 0 Å². The Morgan fingerprint density at radius 2 is 1.34 bits per heavy atom. The number of nitrogens with zero attached hydrogens (tertiary/aromatic N) is 1. The second-order valence-electron chi connectivity index (χ2n) is 7.07. The molecule has 0 saturated carbocycles. The molecule has 0 spiro atoms. The molecule has 1 fully saturated rings. The molecule has 0 aliphatic carbocycles. The number of sulfonamides is 1. The van der Waals surface area contributed by atoms with Crippen molar-refractivity contribution in [2.75, 3.05) is 0 Å². The van der Waals surface area contributed by atoms with E-state index in [1.54, 1.807) is 43.3 Å². The van der Waals surface area contributed by atoms with Gasteiger partial charge in [-0.05, 0) is 35.7 Å². The largest absolute Gasteiger partial charge is 0.407 e. The molecular weight excluding hydrogens is 399 g/mol. The molecule has 1 aliphatic rings. The fourth-order valence-corrected chi connectivity index (χ4v) is 5.24. The standard InChI is InChI=1S/C22H18F3NO2S/c1-15-7-13-19(14-8-15)29(27,28)26-20(21(26)22(23,24)25)18-11-9-17(10-12-18)16-5-3-2-4-6-16/h2-14,20-21H,1H3. The Hall–Kier alpha value is -2.64. The molecule has 7 heteroatoms. The van der Waals surface area contributed by atoms with Crippen molar-refractivity contribution in [3.63, 3.8) is 0 Å². The van der Waals surface area contributed by atoms with Crippen LogP contribution in [0.4, 0.5) is 13.2 Å². The van der Waals surface area contributed by atoms with Gasteiger partial charge in [-0.3, -0.25) is 0 Å². The molecule has 0 radical (unpaired) electrons. The monoisotopic (exact) mass is 417 g/mol. The summed E-state index contributed by atoms with van der Waals surface area (Å²) in [5.41, 5.74) is 2.94. The predicted molar refractivity (Wildman–Crippen MR) is 105 cm³/mol. The van der Waals surface area contributed by atoms with E-state index in [0.29, 0.717) is 9.87 Å². The fourth-order valence-electron chi connectivity index (χ4n) is 3.50. The van der Waals surface area contributed by atoms with Gasteiger partial charge in [0.2, 0.25) is 10.0 Å². The summed E-state index contributed by atoms with van der Waals surface area (Å²) in [6, 6.07) is 18.5. The van der Waals surface area contributed by atoms with Crippen LogP contribution >= 0.6 is 0 Å². The Balaban J connectivity index is 1.68. The maximum Gasteiger partial charge on any atom is 0.407 e. The summed E-state index contributed by atoms with van der Waals surface area (Å²) in [5.74, 6) is 0. The second kappa shape index (κ2) is 7.00. The van der Waals surface area contributed by atoms with E-state index in [9.17, 15) is 21.6 Å². The number of aryl methyl sites for hydroxylation is 1. The molecule has 3 nitrogen and oxygen atoms in total. The third-order valence-corrected chi connectivity index (χ3v) is 6.93. The highest BCUT2D eigenvalue weighted by molar-refractivity contribution is 7.89. The van der Waals surface area contributed by atoms with Gasteiger partial charge in [-0.2, -0.15) is 17.5 Å². The van der Waals surface area contributed by atoms with Crippen molar-refractivity contribution in [3.8, 4) is 11.1 Å². The highest BCUT2D eigenvalue weighted by Crippen LogP contribution is 2.54. The van der Waals surface area contributed by atoms with Gasteiger partial charge < -0.3 is 0 Å². The van der Waals surface area contributed by atoms with E-state index in [2.05, 4.69) is 0 Å². The number of alkyl halides is 3. The quantitative estimate of drug-likeness (QED) is 0.538. The van der Waals surface area contributed by atoms with Crippen molar-refractivity contribution in [3.05, 3.63) is 90.0 Å². The Kier molecular flexibility index (Phi) is 4.75. The van der Waals surface area contributed by atoms with Crippen LogP contribution in [0.3, 0.4) is 0 Å². The molecule has 0 aromatic heterocycles. The smallest absolute Gasteiger partial charge is 0.207 e. The van der Waals surface area contributed by atoms with Crippen LogP contribution in [0, 0.1) is 6.92 Å². The van der Waals surface area contributed by atoms with Crippen LogP contribution < -0.4 is 0 Å². The molecule has 0 N–H and O–H groups in total. The summed E-state index contributed by atoms with van der Waals surface area (Å²) in [7, 11) is -4.26. The Bertz CT molecular complexity index is 1110. The summed E-state index contributed by atoms with van der Waals surface area (Å²) in [6.45, 7) is 1.78. The minimum absolute atomic E-state index is 0.138. The van der Waals surface area contributed by atoms with E-state index in [1.807, 2.05) is 30.3 Å². The molecule has 150 valence electrons. The summed E-state index contributed by atoms with van der Waals surface area (Å²) < 4.78 is 67.0. The van der Waals surface area contributed by atoms with E-state index in [-0.39, 0.29) is 4.90 Å².